The molecule has 1 heterocycles. The van der Waals surface area contributed by atoms with E-state index in [1.165, 1.54) is 0 Å². The van der Waals surface area contributed by atoms with Gasteiger partial charge in [-0.05, 0) is 37.6 Å². The number of hydrogen-bond donors (Lipinski definition) is 1. The summed E-state index contributed by atoms with van der Waals surface area (Å²) in [7, 11) is 0. The van der Waals surface area contributed by atoms with Gasteiger partial charge in [0.1, 0.15) is 0 Å². The van der Waals surface area contributed by atoms with Crippen LogP contribution in [0, 0.1) is 0 Å². The van der Waals surface area contributed by atoms with Crippen LogP contribution in [0.4, 0.5) is 5.95 Å². The largest absolute Gasteiger partial charge is 0.382 e. The highest BCUT2D eigenvalue weighted by atomic mass is 35.5. The van der Waals surface area contributed by atoms with Gasteiger partial charge in [0.2, 0.25) is 5.95 Å². The van der Waals surface area contributed by atoms with E-state index < -0.39 is 0 Å². The smallest absolute Gasteiger partial charge is 0.207 e. The number of nitrogens with one attached hydrogen (secondary N) is 1. The summed E-state index contributed by atoms with van der Waals surface area (Å²) in [5, 5.41) is 4.04. The van der Waals surface area contributed by atoms with Gasteiger partial charge in [-0.2, -0.15) is 0 Å². The molecule has 2 aromatic rings. The summed E-state index contributed by atoms with van der Waals surface area (Å²) in [6, 6.07) is 7.68. The van der Waals surface area contributed by atoms with Crippen molar-refractivity contribution in [3.63, 3.8) is 0 Å². The van der Waals surface area contributed by atoms with Crippen LogP contribution in [0.2, 0.25) is 5.02 Å². The molecule has 0 aliphatic rings. The third-order valence-corrected chi connectivity index (χ3v) is 2.95. The minimum Gasteiger partial charge on any atom is -0.382 e. The topological polar surface area (TPSA) is 39.1 Å². The predicted molar refractivity (Wildman–Crippen MR) is 78.2 cm³/mol. The molecule has 0 fully saturated rings. The Morgan fingerprint density at radius 3 is 2.84 bits per heavy atom. The first kappa shape index (κ1) is 13.9. The third kappa shape index (κ3) is 3.98. The summed E-state index contributed by atoms with van der Waals surface area (Å²) >= 11 is 5.89. The lowest BCUT2D eigenvalue weighted by molar-refractivity contribution is 0.147. The molecule has 0 aliphatic carbocycles. The van der Waals surface area contributed by atoms with Crippen molar-refractivity contribution >= 4 is 17.5 Å². The number of halogens is 1. The monoisotopic (exact) mass is 279 g/mol. The third-order valence-electron chi connectivity index (χ3n) is 2.70. The Bertz CT molecular complexity index is 496. The number of hydrogen-bond acceptors (Lipinski definition) is 3. The highest BCUT2D eigenvalue weighted by Crippen LogP contribution is 2.17. The number of ether oxygens (including phenoxy) is 1. The molecule has 5 heteroatoms. The average molecular weight is 280 g/mol. The van der Waals surface area contributed by atoms with Crippen LogP contribution >= 0.6 is 11.6 Å². The Morgan fingerprint density at radius 1 is 1.32 bits per heavy atom. The lowest BCUT2D eigenvalue weighted by Gasteiger charge is -2.10. The van der Waals surface area contributed by atoms with E-state index in [2.05, 4.69) is 10.3 Å². The van der Waals surface area contributed by atoms with E-state index in [0.717, 1.165) is 42.8 Å². The summed E-state index contributed by atoms with van der Waals surface area (Å²) < 4.78 is 7.30. The normalized spacial score (nSPS) is 10.6. The summed E-state index contributed by atoms with van der Waals surface area (Å²) in [4.78, 5) is 4.31. The van der Waals surface area contributed by atoms with E-state index in [4.69, 9.17) is 16.3 Å². The standard InChI is InChI=1S/C14H18ClN3O/c1-2-19-11-3-8-16-14-17-9-10-18(14)13-6-4-12(15)5-7-13/h4-7,9-10H,2-3,8,11H2,1H3,(H,16,17). The number of aromatic nitrogens is 2. The number of anilines is 1. The van der Waals surface area contributed by atoms with Crippen LogP contribution in [0.1, 0.15) is 13.3 Å². The molecule has 2 rings (SSSR count). The summed E-state index contributed by atoms with van der Waals surface area (Å²) in [6.07, 6.45) is 4.66. The van der Waals surface area contributed by atoms with Crippen molar-refractivity contribution < 1.29 is 4.74 Å². The van der Waals surface area contributed by atoms with E-state index in [1.807, 2.05) is 42.0 Å². The van der Waals surface area contributed by atoms with E-state index >= 15 is 0 Å². The van der Waals surface area contributed by atoms with Gasteiger partial charge in [0.15, 0.2) is 0 Å². The highest BCUT2D eigenvalue weighted by Gasteiger charge is 2.03. The maximum Gasteiger partial charge on any atom is 0.207 e. The quantitative estimate of drug-likeness (QED) is 0.790. The zero-order valence-electron chi connectivity index (χ0n) is 11.0. The van der Waals surface area contributed by atoms with Crippen molar-refractivity contribution in [3.05, 3.63) is 41.7 Å². The van der Waals surface area contributed by atoms with E-state index in [-0.39, 0.29) is 0 Å². The van der Waals surface area contributed by atoms with Crippen molar-refractivity contribution in [2.24, 2.45) is 0 Å². The molecular weight excluding hydrogens is 262 g/mol. The van der Waals surface area contributed by atoms with Crippen LogP contribution in [-0.2, 0) is 4.74 Å². The molecule has 0 amide bonds. The van der Waals surface area contributed by atoms with Gasteiger partial charge >= 0.3 is 0 Å². The molecule has 102 valence electrons. The fourth-order valence-corrected chi connectivity index (χ4v) is 1.89. The van der Waals surface area contributed by atoms with Gasteiger partial charge in [-0.25, -0.2) is 4.98 Å². The van der Waals surface area contributed by atoms with Crippen LogP contribution in [-0.4, -0.2) is 29.3 Å². The average Bonchev–Trinajstić information content (AvgIpc) is 2.88. The Hall–Kier alpha value is -1.52. The fourth-order valence-electron chi connectivity index (χ4n) is 1.76. The molecule has 1 N–H and O–H groups in total. The molecule has 19 heavy (non-hydrogen) atoms. The highest BCUT2D eigenvalue weighted by molar-refractivity contribution is 6.30. The van der Waals surface area contributed by atoms with Crippen molar-refractivity contribution in [2.75, 3.05) is 25.1 Å². The molecule has 0 atom stereocenters. The Kier molecular flexibility index (Phi) is 5.24. The zero-order valence-corrected chi connectivity index (χ0v) is 11.7. The first-order valence-corrected chi connectivity index (χ1v) is 6.80. The van der Waals surface area contributed by atoms with E-state index in [1.54, 1.807) is 6.20 Å². The molecule has 0 bridgehead atoms. The van der Waals surface area contributed by atoms with Gasteiger partial charge in [-0.15, -0.1) is 0 Å². The number of imidazole rings is 1. The van der Waals surface area contributed by atoms with Crippen LogP contribution < -0.4 is 5.32 Å². The lowest BCUT2D eigenvalue weighted by Crippen LogP contribution is -2.09. The van der Waals surface area contributed by atoms with Gasteiger partial charge in [0.25, 0.3) is 0 Å². The minimum atomic E-state index is 0.732. The van der Waals surface area contributed by atoms with E-state index in [0.29, 0.717) is 0 Å². The molecule has 0 radical (unpaired) electrons. The summed E-state index contributed by atoms with van der Waals surface area (Å²) in [5.74, 6) is 0.832. The summed E-state index contributed by atoms with van der Waals surface area (Å²) in [5.41, 5.74) is 1.04. The van der Waals surface area contributed by atoms with Gasteiger partial charge in [0, 0.05) is 42.9 Å². The molecule has 1 aromatic heterocycles. The van der Waals surface area contributed by atoms with Crippen LogP contribution in [0.25, 0.3) is 5.69 Å². The minimum absolute atomic E-state index is 0.732. The number of nitrogens with zero attached hydrogens (tertiary/aromatic N) is 2. The van der Waals surface area contributed by atoms with Crippen molar-refractivity contribution in [1.82, 2.24) is 9.55 Å². The first-order chi connectivity index (χ1) is 9.31. The van der Waals surface area contributed by atoms with Gasteiger partial charge < -0.3 is 10.1 Å². The predicted octanol–water partition coefficient (Wildman–Crippen LogP) is 3.36. The first-order valence-electron chi connectivity index (χ1n) is 6.42. The Balaban J connectivity index is 1.96. The molecule has 0 saturated heterocycles. The van der Waals surface area contributed by atoms with E-state index in [9.17, 15) is 0 Å². The maximum atomic E-state index is 5.89. The van der Waals surface area contributed by atoms with Crippen LogP contribution in [0.3, 0.4) is 0 Å². The molecule has 0 aliphatic heterocycles. The van der Waals surface area contributed by atoms with Crippen LogP contribution in [0.15, 0.2) is 36.7 Å². The fraction of sp³-hybridized carbons (Fsp3) is 0.357. The van der Waals surface area contributed by atoms with Crippen molar-refractivity contribution in [3.8, 4) is 5.69 Å². The molecule has 0 saturated carbocycles. The molecule has 1 aromatic carbocycles. The molecule has 4 nitrogen and oxygen atoms in total. The SMILES string of the molecule is CCOCCCNc1nccn1-c1ccc(Cl)cc1. The number of rotatable bonds is 7. The van der Waals surface area contributed by atoms with Gasteiger partial charge in [-0.3, -0.25) is 4.57 Å². The molecular formula is C14H18ClN3O. The Labute approximate surface area is 118 Å². The second-order valence-corrected chi connectivity index (χ2v) is 4.51. The second kappa shape index (κ2) is 7.16. The molecule has 0 unspecified atom stereocenters. The van der Waals surface area contributed by atoms with Gasteiger partial charge in [0.05, 0.1) is 0 Å². The van der Waals surface area contributed by atoms with Crippen LogP contribution in [0.5, 0.6) is 0 Å². The zero-order chi connectivity index (χ0) is 13.5. The van der Waals surface area contributed by atoms with Gasteiger partial charge in [-0.1, -0.05) is 11.6 Å². The van der Waals surface area contributed by atoms with Crippen molar-refractivity contribution in [1.29, 1.82) is 0 Å². The second-order valence-electron chi connectivity index (χ2n) is 4.07. The van der Waals surface area contributed by atoms with Crippen molar-refractivity contribution in [2.45, 2.75) is 13.3 Å². The number of benzene rings is 1. The lowest BCUT2D eigenvalue weighted by atomic mass is 10.3. The molecule has 0 spiro atoms. The summed E-state index contributed by atoms with van der Waals surface area (Å²) in [6.45, 7) is 4.37. The Morgan fingerprint density at radius 2 is 2.11 bits per heavy atom. The maximum absolute atomic E-state index is 5.89.